The van der Waals surface area contributed by atoms with E-state index in [0.717, 1.165) is 24.8 Å². The van der Waals surface area contributed by atoms with Crippen molar-refractivity contribution in [1.82, 2.24) is 14.8 Å². The number of aromatic nitrogens is 1. The number of fused-ring (bicyclic) bond motifs is 1. The number of hydrogen-bond acceptors (Lipinski definition) is 6. The van der Waals surface area contributed by atoms with E-state index in [9.17, 15) is 24.5 Å². The second-order valence-corrected chi connectivity index (χ2v) is 11.6. The highest BCUT2D eigenvalue weighted by Crippen LogP contribution is 2.35. The van der Waals surface area contributed by atoms with Gasteiger partial charge in [0.2, 0.25) is 0 Å². The average molecular weight is 602 g/mol. The molecule has 0 unspecified atom stereocenters. The number of carbonyl (C=O) groups excluding carboxylic acids is 2. The maximum Gasteiger partial charge on any atom is 0.272 e. The van der Waals surface area contributed by atoms with E-state index in [1.54, 1.807) is 29.2 Å². The summed E-state index contributed by atoms with van der Waals surface area (Å²) in [5.41, 5.74) is 2.06. The minimum atomic E-state index is -0.653. The van der Waals surface area contributed by atoms with E-state index in [1.165, 1.54) is 18.2 Å². The molecule has 0 radical (unpaired) electrons. The Morgan fingerprint density at radius 1 is 0.867 bits per heavy atom. The summed E-state index contributed by atoms with van der Waals surface area (Å²) in [6, 6.07) is 24.8. The standard InChI is InChI=1S/C36H32FN5O3/c37-28-10-9-25(22-38)26(19-28)23-45-29-11-12-32-30(20-29)31(34(43)41-15-5-2-6-16-41)21-33(40-32)35(44)42-17-13-36(24-39,14-18-42)27-7-3-1-4-8-27/h1,3-4,7-12,19-21H,2,5-6,13-18,23H2. The van der Waals surface area contributed by atoms with Crippen molar-refractivity contribution < 1.29 is 18.7 Å². The van der Waals surface area contributed by atoms with Crippen LogP contribution in [0.15, 0.2) is 72.8 Å². The van der Waals surface area contributed by atoms with Gasteiger partial charge in [0.1, 0.15) is 23.9 Å². The van der Waals surface area contributed by atoms with Crippen LogP contribution in [0.3, 0.4) is 0 Å². The minimum Gasteiger partial charge on any atom is -0.489 e. The van der Waals surface area contributed by atoms with Gasteiger partial charge < -0.3 is 14.5 Å². The second kappa shape index (κ2) is 12.8. The van der Waals surface area contributed by atoms with Crippen LogP contribution in [0.1, 0.15) is 69.6 Å². The lowest BCUT2D eigenvalue weighted by Gasteiger charge is -2.37. The van der Waals surface area contributed by atoms with E-state index in [-0.39, 0.29) is 24.1 Å². The van der Waals surface area contributed by atoms with E-state index in [1.807, 2.05) is 35.2 Å². The van der Waals surface area contributed by atoms with E-state index in [0.29, 0.717) is 72.4 Å². The van der Waals surface area contributed by atoms with E-state index in [4.69, 9.17) is 4.74 Å². The highest BCUT2D eigenvalue weighted by atomic mass is 19.1. The summed E-state index contributed by atoms with van der Waals surface area (Å²) < 4.78 is 19.8. The monoisotopic (exact) mass is 601 g/mol. The molecule has 4 aromatic rings. The number of rotatable bonds is 6. The van der Waals surface area contributed by atoms with Crippen LogP contribution in [0.4, 0.5) is 4.39 Å². The smallest absolute Gasteiger partial charge is 0.272 e. The number of nitrogens with zero attached hydrogens (tertiary/aromatic N) is 5. The van der Waals surface area contributed by atoms with Crippen LogP contribution in [0.5, 0.6) is 5.75 Å². The maximum absolute atomic E-state index is 13.9. The van der Waals surface area contributed by atoms with Crippen molar-refractivity contribution in [3.05, 3.63) is 107 Å². The summed E-state index contributed by atoms with van der Waals surface area (Å²) in [4.78, 5) is 35.9. The van der Waals surface area contributed by atoms with Crippen LogP contribution >= 0.6 is 0 Å². The van der Waals surface area contributed by atoms with Gasteiger partial charge in [-0.05, 0) is 80.1 Å². The van der Waals surface area contributed by atoms with Gasteiger partial charge in [-0.1, -0.05) is 30.3 Å². The summed E-state index contributed by atoms with van der Waals surface area (Å²) in [6.45, 7) is 2.04. The van der Waals surface area contributed by atoms with E-state index >= 15 is 0 Å². The third kappa shape index (κ3) is 6.07. The highest BCUT2D eigenvalue weighted by molar-refractivity contribution is 6.09. The number of amides is 2. The molecule has 0 N–H and O–H groups in total. The molecule has 2 aliphatic rings. The number of pyridine rings is 1. The molecule has 45 heavy (non-hydrogen) atoms. The Morgan fingerprint density at radius 3 is 2.31 bits per heavy atom. The predicted octanol–water partition coefficient (Wildman–Crippen LogP) is 6.15. The first-order chi connectivity index (χ1) is 21.9. The van der Waals surface area contributed by atoms with Crippen molar-refractivity contribution in [3.63, 3.8) is 0 Å². The van der Waals surface area contributed by atoms with Crippen LogP contribution in [-0.4, -0.2) is 52.8 Å². The van der Waals surface area contributed by atoms with Crippen molar-refractivity contribution in [3.8, 4) is 17.9 Å². The topological polar surface area (TPSA) is 110 Å². The van der Waals surface area contributed by atoms with E-state index < -0.39 is 11.2 Å². The zero-order valence-electron chi connectivity index (χ0n) is 24.8. The van der Waals surface area contributed by atoms with Gasteiger partial charge in [-0.25, -0.2) is 9.37 Å². The molecule has 1 aromatic heterocycles. The van der Waals surface area contributed by atoms with Crippen LogP contribution in [-0.2, 0) is 12.0 Å². The number of carbonyl (C=O) groups is 2. The van der Waals surface area contributed by atoms with Gasteiger partial charge in [-0.2, -0.15) is 10.5 Å². The van der Waals surface area contributed by atoms with Crippen molar-refractivity contribution in [2.24, 2.45) is 0 Å². The fourth-order valence-corrected chi connectivity index (χ4v) is 6.28. The predicted molar refractivity (Wildman–Crippen MR) is 166 cm³/mol. The van der Waals surface area contributed by atoms with Crippen molar-refractivity contribution in [2.45, 2.75) is 44.1 Å². The molecular formula is C36H32FN5O3. The fraction of sp³-hybridized carbons (Fsp3) is 0.306. The Morgan fingerprint density at radius 2 is 1.60 bits per heavy atom. The molecular weight excluding hydrogens is 569 g/mol. The van der Waals surface area contributed by atoms with Gasteiger partial charge >= 0.3 is 0 Å². The van der Waals surface area contributed by atoms with Crippen LogP contribution in [0.25, 0.3) is 10.9 Å². The quantitative estimate of drug-likeness (QED) is 0.262. The number of halogens is 1. The molecule has 2 saturated heterocycles. The van der Waals surface area contributed by atoms with Crippen LogP contribution < -0.4 is 4.74 Å². The molecule has 0 aliphatic carbocycles. The Labute approximate surface area is 261 Å². The molecule has 2 amide bonds. The molecule has 2 fully saturated rings. The molecule has 2 aliphatic heterocycles. The number of hydrogen-bond donors (Lipinski definition) is 0. The molecule has 0 atom stereocenters. The largest absolute Gasteiger partial charge is 0.489 e. The van der Waals surface area contributed by atoms with Crippen LogP contribution in [0, 0.1) is 28.5 Å². The minimum absolute atomic E-state index is 0.0340. The van der Waals surface area contributed by atoms with Crippen LogP contribution in [0.2, 0.25) is 0 Å². The first-order valence-electron chi connectivity index (χ1n) is 15.2. The Hall–Kier alpha value is -5.28. The molecule has 3 heterocycles. The van der Waals surface area contributed by atoms with Crippen molar-refractivity contribution in [2.75, 3.05) is 26.2 Å². The van der Waals surface area contributed by atoms with Gasteiger partial charge in [0.25, 0.3) is 11.8 Å². The third-order valence-corrected chi connectivity index (χ3v) is 8.90. The second-order valence-electron chi connectivity index (χ2n) is 11.6. The normalized spacial score (nSPS) is 16.1. The average Bonchev–Trinajstić information content (AvgIpc) is 3.10. The fourth-order valence-electron chi connectivity index (χ4n) is 6.28. The summed E-state index contributed by atoms with van der Waals surface area (Å²) in [6.07, 6.45) is 3.91. The molecule has 6 rings (SSSR count). The van der Waals surface area contributed by atoms with Gasteiger partial charge in [-0.3, -0.25) is 9.59 Å². The lowest BCUT2D eigenvalue weighted by molar-refractivity contribution is 0.0686. The molecule has 9 heteroatoms. The van der Waals surface area contributed by atoms with Gasteiger partial charge in [-0.15, -0.1) is 0 Å². The number of nitriles is 2. The summed E-state index contributed by atoms with van der Waals surface area (Å²) in [7, 11) is 0. The van der Waals surface area contributed by atoms with Crippen molar-refractivity contribution in [1.29, 1.82) is 10.5 Å². The summed E-state index contributed by atoms with van der Waals surface area (Å²) in [5.74, 6) is -0.487. The lowest BCUT2D eigenvalue weighted by atomic mass is 9.74. The van der Waals surface area contributed by atoms with Gasteiger partial charge in [0.15, 0.2) is 0 Å². The SMILES string of the molecule is N#Cc1ccc(F)cc1COc1ccc2nc(C(=O)N3CCC(C#N)(c4ccccc4)CC3)cc(C(=O)N3CCCCC3)c2c1. The molecule has 0 spiro atoms. The van der Waals surface area contributed by atoms with Gasteiger partial charge in [0, 0.05) is 37.1 Å². The summed E-state index contributed by atoms with van der Waals surface area (Å²) in [5, 5.41) is 20.0. The zero-order valence-corrected chi connectivity index (χ0v) is 24.8. The Balaban J connectivity index is 1.29. The first-order valence-corrected chi connectivity index (χ1v) is 15.2. The maximum atomic E-state index is 13.9. The van der Waals surface area contributed by atoms with Gasteiger partial charge in [0.05, 0.1) is 34.2 Å². The Bertz CT molecular complexity index is 1830. The number of benzene rings is 3. The molecule has 0 bridgehead atoms. The lowest BCUT2D eigenvalue weighted by Crippen LogP contribution is -2.45. The third-order valence-electron chi connectivity index (χ3n) is 8.90. The molecule has 3 aromatic carbocycles. The first kappa shape index (κ1) is 29.8. The molecule has 226 valence electrons. The number of likely N-dealkylation sites (tertiary alicyclic amines) is 2. The molecule has 0 saturated carbocycles. The number of piperidine rings is 2. The Kier molecular flexibility index (Phi) is 8.44. The zero-order chi connectivity index (χ0) is 31.4. The van der Waals surface area contributed by atoms with Crippen molar-refractivity contribution >= 4 is 22.7 Å². The highest BCUT2D eigenvalue weighted by Gasteiger charge is 2.38. The number of ether oxygens (including phenoxy) is 1. The summed E-state index contributed by atoms with van der Waals surface area (Å²) >= 11 is 0. The van der Waals surface area contributed by atoms with E-state index in [2.05, 4.69) is 17.1 Å². The molecule has 8 nitrogen and oxygen atoms in total.